The topological polar surface area (TPSA) is 28.3 Å². The average Bonchev–Trinajstić information content (AvgIpc) is 3.21. The van der Waals surface area contributed by atoms with Crippen LogP contribution in [0.2, 0.25) is 0 Å². The van der Waals surface area contributed by atoms with Gasteiger partial charge in [0.15, 0.2) is 0 Å². The third kappa shape index (κ3) is 3.02. The van der Waals surface area contributed by atoms with Gasteiger partial charge in [0.05, 0.1) is 7.11 Å². The van der Waals surface area contributed by atoms with E-state index in [-0.39, 0.29) is 5.82 Å². The number of aromatic nitrogens is 1. The van der Waals surface area contributed by atoms with Crippen LogP contribution < -0.4 is 4.74 Å². The van der Waals surface area contributed by atoms with Gasteiger partial charge in [-0.15, -0.1) is 0 Å². The molecule has 0 amide bonds. The summed E-state index contributed by atoms with van der Waals surface area (Å²) in [5.41, 5.74) is 3.39. The molecule has 1 aliphatic heterocycles. The molecule has 1 unspecified atom stereocenters. The largest absolute Gasteiger partial charge is 0.497 e. The van der Waals surface area contributed by atoms with Crippen molar-refractivity contribution in [1.82, 2.24) is 9.88 Å². The molecule has 4 rings (SSSR count). The Balaban J connectivity index is 1.44. The molecule has 3 aromatic rings. The van der Waals surface area contributed by atoms with Gasteiger partial charge in [0.25, 0.3) is 0 Å². The Kier molecular flexibility index (Phi) is 3.98. The van der Waals surface area contributed by atoms with Crippen LogP contribution >= 0.6 is 0 Å². The number of hydrogen-bond donors (Lipinski definition) is 1. The van der Waals surface area contributed by atoms with Gasteiger partial charge in [-0.2, -0.15) is 0 Å². The number of halogens is 1. The van der Waals surface area contributed by atoms with Crippen LogP contribution in [0, 0.1) is 5.82 Å². The average molecular weight is 324 g/mol. The number of H-pyrrole nitrogens is 1. The third-order valence-electron chi connectivity index (χ3n) is 4.89. The van der Waals surface area contributed by atoms with Crippen LogP contribution in [0.4, 0.5) is 4.39 Å². The van der Waals surface area contributed by atoms with Crippen molar-refractivity contribution in [2.75, 3.05) is 20.2 Å². The van der Waals surface area contributed by atoms with Crippen molar-refractivity contribution in [3.63, 3.8) is 0 Å². The van der Waals surface area contributed by atoms with Crippen LogP contribution in [0.1, 0.15) is 23.6 Å². The summed E-state index contributed by atoms with van der Waals surface area (Å²) in [5, 5.41) is 1.07. The smallest absolute Gasteiger partial charge is 0.125 e. The summed E-state index contributed by atoms with van der Waals surface area (Å²) in [7, 11) is 1.69. The molecule has 3 nitrogen and oxygen atoms in total. The molecule has 0 spiro atoms. The minimum absolute atomic E-state index is 0.198. The SMILES string of the molecule is COc1ccc(C2CCN(Cc3cc4ccc(F)cc4[nH]3)C2)cc1. The number of nitrogens with one attached hydrogen (secondary N) is 1. The number of aromatic amines is 1. The second-order valence-corrected chi connectivity index (χ2v) is 6.52. The highest BCUT2D eigenvalue weighted by Gasteiger charge is 2.24. The van der Waals surface area contributed by atoms with Gasteiger partial charge in [-0.3, -0.25) is 4.90 Å². The molecule has 1 atom stereocenters. The molecular formula is C20H21FN2O. The maximum Gasteiger partial charge on any atom is 0.125 e. The summed E-state index contributed by atoms with van der Waals surface area (Å²) < 4.78 is 18.5. The first-order valence-corrected chi connectivity index (χ1v) is 8.35. The van der Waals surface area contributed by atoms with Gasteiger partial charge in [-0.05, 0) is 66.2 Å². The molecular weight excluding hydrogens is 303 g/mol. The lowest BCUT2D eigenvalue weighted by atomic mass is 9.98. The van der Waals surface area contributed by atoms with Crippen LogP contribution in [-0.2, 0) is 6.54 Å². The van der Waals surface area contributed by atoms with E-state index in [0.29, 0.717) is 5.92 Å². The van der Waals surface area contributed by atoms with Crippen LogP contribution in [0.3, 0.4) is 0 Å². The number of fused-ring (bicyclic) bond motifs is 1. The number of rotatable bonds is 4. The molecule has 0 radical (unpaired) electrons. The van der Waals surface area contributed by atoms with E-state index in [1.165, 1.54) is 18.1 Å². The molecule has 1 fully saturated rings. The van der Waals surface area contributed by atoms with Crippen LogP contribution in [0.25, 0.3) is 10.9 Å². The number of likely N-dealkylation sites (tertiary alicyclic amines) is 1. The standard InChI is InChI=1S/C20H21FN2O/c1-24-19-6-3-14(4-7-19)16-8-9-23(12-16)13-18-10-15-2-5-17(21)11-20(15)22-18/h2-7,10-11,16,22H,8-9,12-13H2,1H3. The van der Waals surface area contributed by atoms with Gasteiger partial charge >= 0.3 is 0 Å². The lowest BCUT2D eigenvalue weighted by Crippen LogP contribution is -2.19. The minimum atomic E-state index is -0.198. The Bertz CT molecular complexity index is 840. The molecule has 2 aromatic carbocycles. The molecule has 1 N–H and O–H groups in total. The van der Waals surface area contributed by atoms with Gasteiger partial charge in [0, 0.05) is 24.3 Å². The number of nitrogens with zero attached hydrogens (tertiary/aromatic N) is 1. The second kappa shape index (κ2) is 6.29. The molecule has 4 heteroatoms. The fraction of sp³-hybridized carbons (Fsp3) is 0.300. The first-order chi connectivity index (χ1) is 11.7. The van der Waals surface area contributed by atoms with Crippen molar-refractivity contribution in [1.29, 1.82) is 0 Å². The molecule has 1 aliphatic rings. The quantitative estimate of drug-likeness (QED) is 0.775. The van der Waals surface area contributed by atoms with Crippen molar-refractivity contribution in [3.05, 3.63) is 65.6 Å². The van der Waals surface area contributed by atoms with E-state index in [2.05, 4.69) is 28.1 Å². The first-order valence-electron chi connectivity index (χ1n) is 8.35. The third-order valence-corrected chi connectivity index (χ3v) is 4.89. The summed E-state index contributed by atoms with van der Waals surface area (Å²) in [6.07, 6.45) is 1.17. The highest BCUT2D eigenvalue weighted by atomic mass is 19.1. The van der Waals surface area contributed by atoms with E-state index in [9.17, 15) is 4.39 Å². The first kappa shape index (κ1) is 15.2. The molecule has 0 saturated carbocycles. The molecule has 0 aliphatic carbocycles. The maximum absolute atomic E-state index is 13.3. The van der Waals surface area contributed by atoms with E-state index in [1.807, 2.05) is 18.2 Å². The second-order valence-electron chi connectivity index (χ2n) is 6.52. The van der Waals surface area contributed by atoms with Gasteiger partial charge in [0.2, 0.25) is 0 Å². The lowest BCUT2D eigenvalue weighted by Gasteiger charge is -2.15. The highest BCUT2D eigenvalue weighted by Crippen LogP contribution is 2.29. The summed E-state index contributed by atoms with van der Waals surface area (Å²) >= 11 is 0. The Morgan fingerprint density at radius 2 is 2.00 bits per heavy atom. The highest BCUT2D eigenvalue weighted by molar-refractivity contribution is 5.80. The molecule has 1 saturated heterocycles. The zero-order valence-electron chi connectivity index (χ0n) is 13.8. The lowest BCUT2D eigenvalue weighted by molar-refractivity contribution is 0.323. The van der Waals surface area contributed by atoms with Crippen molar-refractivity contribution in [2.24, 2.45) is 0 Å². The predicted octanol–water partition coefficient (Wildman–Crippen LogP) is 4.31. The normalized spacial score (nSPS) is 18.3. The van der Waals surface area contributed by atoms with Crippen molar-refractivity contribution in [2.45, 2.75) is 18.9 Å². The molecule has 0 bridgehead atoms. The van der Waals surface area contributed by atoms with Gasteiger partial charge < -0.3 is 9.72 Å². The van der Waals surface area contributed by atoms with Crippen molar-refractivity contribution < 1.29 is 9.13 Å². The minimum Gasteiger partial charge on any atom is -0.497 e. The van der Waals surface area contributed by atoms with E-state index in [4.69, 9.17) is 4.74 Å². The molecule has 124 valence electrons. The molecule has 24 heavy (non-hydrogen) atoms. The molecule has 1 aromatic heterocycles. The Hall–Kier alpha value is -2.33. The van der Waals surface area contributed by atoms with Gasteiger partial charge in [-0.1, -0.05) is 12.1 Å². The van der Waals surface area contributed by atoms with Gasteiger partial charge in [0.1, 0.15) is 11.6 Å². The monoisotopic (exact) mass is 324 g/mol. The Morgan fingerprint density at radius 3 is 2.79 bits per heavy atom. The summed E-state index contributed by atoms with van der Waals surface area (Å²) in [5.74, 6) is 1.27. The summed E-state index contributed by atoms with van der Waals surface area (Å²) in [6.45, 7) is 3.01. The van der Waals surface area contributed by atoms with Crippen LogP contribution in [-0.4, -0.2) is 30.1 Å². The van der Waals surface area contributed by atoms with Crippen LogP contribution in [0.15, 0.2) is 48.5 Å². The van der Waals surface area contributed by atoms with E-state index in [1.54, 1.807) is 13.2 Å². The predicted molar refractivity (Wildman–Crippen MR) is 93.9 cm³/mol. The number of benzene rings is 2. The maximum atomic E-state index is 13.3. The Morgan fingerprint density at radius 1 is 1.17 bits per heavy atom. The van der Waals surface area contributed by atoms with Crippen molar-refractivity contribution >= 4 is 10.9 Å². The summed E-state index contributed by atoms with van der Waals surface area (Å²) in [6, 6.07) is 15.4. The fourth-order valence-electron chi connectivity index (χ4n) is 3.61. The zero-order valence-corrected chi connectivity index (χ0v) is 13.8. The fourth-order valence-corrected chi connectivity index (χ4v) is 3.61. The zero-order chi connectivity index (χ0) is 16.5. The summed E-state index contributed by atoms with van der Waals surface area (Å²) in [4.78, 5) is 5.79. The number of methoxy groups -OCH3 is 1. The van der Waals surface area contributed by atoms with Gasteiger partial charge in [-0.25, -0.2) is 4.39 Å². The Labute approximate surface area is 141 Å². The van der Waals surface area contributed by atoms with E-state index in [0.717, 1.165) is 42.0 Å². The van der Waals surface area contributed by atoms with E-state index >= 15 is 0 Å². The van der Waals surface area contributed by atoms with E-state index < -0.39 is 0 Å². The van der Waals surface area contributed by atoms with Crippen LogP contribution in [0.5, 0.6) is 5.75 Å². The number of ether oxygens (including phenoxy) is 1. The molecule has 2 heterocycles. The number of hydrogen-bond acceptors (Lipinski definition) is 2. The van der Waals surface area contributed by atoms with Crippen molar-refractivity contribution in [3.8, 4) is 5.75 Å².